The van der Waals surface area contributed by atoms with Gasteiger partial charge in [0.2, 0.25) is 0 Å². The van der Waals surface area contributed by atoms with Crippen LogP contribution in [0.4, 0.5) is 0 Å². The van der Waals surface area contributed by atoms with Crippen LogP contribution in [-0.2, 0) is 4.74 Å². The number of carbonyl (C=O) groups excluding carboxylic acids is 1. The van der Waals surface area contributed by atoms with E-state index in [1.54, 1.807) is 6.92 Å². The van der Waals surface area contributed by atoms with E-state index in [2.05, 4.69) is 0 Å². The summed E-state index contributed by atoms with van der Waals surface area (Å²) in [5.74, 6) is -0.343. The van der Waals surface area contributed by atoms with Crippen LogP contribution < -0.4 is 4.74 Å². The maximum Gasteiger partial charge on any atom is 0.339 e. The van der Waals surface area contributed by atoms with Crippen molar-refractivity contribution in [3.8, 4) is 11.8 Å². The summed E-state index contributed by atoms with van der Waals surface area (Å²) in [6, 6.07) is 4.84. The molecule has 4 nitrogen and oxygen atoms in total. The van der Waals surface area contributed by atoms with Gasteiger partial charge in [-0.05, 0) is 19.1 Å². The molecular weight excluding hydrogens is 230 g/mol. The maximum atomic E-state index is 11.5. The number of ether oxygens (including phenoxy) is 2. The van der Waals surface area contributed by atoms with Crippen LogP contribution in [0.3, 0.4) is 0 Å². The summed E-state index contributed by atoms with van der Waals surface area (Å²) in [6.45, 7) is 1.96. The number of hydrogen-bond donors (Lipinski definition) is 0. The number of nitrogens with zero attached hydrogens (tertiary/aromatic N) is 1. The van der Waals surface area contributed by atoms with E-state index < -0.39 is 5.97 Å². The number of rotatable bonds is 3. The summed E-state index contributed by atoms with van der Waals surface area (Å²) in [4.78, 5) is 11.5. The molecule has 0 atom stereocenters. The number of halogens is 1. The van der Waals surface area contributed by atoms with Crippen molar-refractivity contribution >= 4 is 17.6 Å². The molecule has 0 aliphatic heterocycles. The summed E-state index contributed by atoms with van der Waals surface area (Å²) in [6.07, 6.45) is 0. The second-order valence-corrected chi connectivity index (χ2v) is 3.22. The Morgan fingerprint density at radius 2 is 2.25 bits per heavy atom. The van der Waals surface area contributed by atoms with Crippen molar-refractivity contribution in [1.82, 2.24) is 0 Å². The topological polar surface area (TPSA) is 59.3 Å². The van der Waals surface area contributed by atoms with Gasteiger partial charge in [0.25, 0.3) is 0 Å². The summed E-state index contributed by atoms with van der Waals surface area (Å²) >= 11 is 5.95. The predicted molar refractivity (Wildman–Crippen MR) is 58.7 cm³/mol. The summed E-state index contributed by atoms with van der Waals surface area (Å²) in [5, 5.41) is 8.90. The molecule has 1 aromatic rings. The molecule has 0 fully saturated rings. The van der Waals surface area contributed by atoms with Crippen LogP contribution in [-0.4, -0.2) is 19.7 Å². The summed E-state index contributed by atoms with van der Waals surface area (Å²) < 4.78 is 9.79. The molecule has 0 saturated carbocycles. The first kappa shape index (κ1) is 12.3. The normalized spacial score (nSPS) is 9.38. The lowest BCUT2D eigenvalue weighted by molar-refractivity contribution is 0.0526. The van der Waals surface area contributed by atoms with Gasteiger partial charge in [-0.15, -0.1) is 0 Å². The molecule has 84 valence electrons. The van der Waals surface area contributed by atoms with Gasteiger partial charge in [-0.2, -0.15) is 5.26 Å². The van der Waals surface area contributed by atoms with E-state index >= 15 is 0 Å². The Hall–Kier alpha value is -1.73. The molecule has 0 aromatic heterocycles. The van der Waals surface area contributed by atoms with Crippen LogP contribution in [0.2, 0.25) is 5.02 Å². The highest BCUT2D eigenvalue weighted by Crippen LogP contribution is 2.31. The van der Waals surface area contributed by atoms with Crippen molar-refractivity contribution in [1.29, 1.82) is 5.26 Å². The van der Waals surface area contributed by atoms with Crippen LogP contribution in [0.1, 0.15) is 22.8 Å². The molecule has 0 N–H and O–H groups in total. The first-order valence-electron chi connectivity index (χ1n) is 4.59. The summed E-state index contributed by atoms with van der Waals surface area (Å²) in [7, 11) is 1.39. The van der Waals surface area contributed by atoms with Gasteiger partial charge in [0.1, 0.15) is 6.07 Å². The molecule has 0 amide bonds. The Morgan fingerprint density at radius 3 is 2.75 bits per heavy atom. The zero-order valence-electron chi connectivity index (χ0n) is 8.91. The number of benzene rings is 1. The van der Waals surface area contributed by atoms with E-state index in [1.807, 2.05) is 6.07 Å². The molecule has 0 bridgehead atoms. The van der Waals surface area contributed by atoms with Gasteiger partial charge in [-0.25, -0.2) is 4.79 Å². The minimum absolute atomic E-state index is 0.0972. The Bertz CT molecular complexity index is 451. The Balaban J connectivity index is 3.25. The average Bonchev–Trinajstić information content (AvgIpc) is 2.28. The molecule has 5 heteroatoms. The second kappa shape index (κ2) is 5.38. The highest BCUT2D eigenvalue weighted by molar-refractivity contribution is 6.35. The average molecular weight is 240 g/mol. The molecule has 0 heterocycles. The maximum absolute atomic E-state index is 11.5. The summed E-state index contributed by atoms with van der Waals surface area (Å²) in [5.41, 5.74) is 0.472. The minimum atomic E-state index is -0.532. The Kier molecular flexibility index (Phi) is 4.15. The lowest BCUT2D eigenvalue weighted by atomic mass is 10.1. The van der Waals surface area contributed by atoms with Crippen LogP contribution in [0, 0.1) is 11.3 Å². The fraction of sp³-hybridized carbons (Fsp3) is 0.273. The molecule has 1 aromatic carbocycles. The van der Waals surface area contributed by atoms with Crippen molar-refractivity contribution in [2.24, 2.45) is 0 Å². The van der Waals surface area contributed by atoms with E-state index in [1.165, 1.54) is 19.2 Å². The number of carbonyl (C=O) groups is 1. The van der Waals surface area contributed by atoms with E-state index in [-0.39, 0.29) is 28.5 Å². The van der Waals surface area contributed by atoms with Crippen LogP contribution in [0.5, 0.6) is 5.75 Å². The van der Waals surface area contributed by atoms with Crippen LogP contribution >= 0.6 is 11.6 Å². The molecule has 0 spiro atoms. The monoisotopic (exact) mass is 239 g/mol. The smallest absolute Gasteiger partial charge is 0.339 e. The lowest BCUT2D eigenvalue weighted by Gasteiger charge is -2.09. The highest BCUT2D eigenvalue weighted by Gasteiger charge is 2.18. The van der Waals surface area contributed by atoms with Gasteiger partial charge in [0, 0.05) is 0 Å². The van der Waals surface area contributed by atoms with Gasteiger partial charge in [-0.3, -0.25) is 0 Å². The first-order chi connectivity index (χ1) is 7.65. The van der Waals surface area contributed by atoms with Crippen molar-refractivity contribution < 1.29 is 14.3 Å². The molecular formula is C11H10ClNO3. The van der Waals surface area contributed by atoms with E-state index in [4.69, 9.17) is 26.3 Å². The van der Waals surface area contributed by atoms with Crippen molar-refractivity contribution in [2.45, 2.75) is 6.92 Å². The Morgan fingerprint density at radius 1 is 1.56 bits per heavy atom. The number of nitriles is 1. The second-order valence-electron chi connectivity index (χ2n) is 2.84. The van der Waals surface area contributed by atoms with Gasteiger partial charge in [0.05, 0.1) is 29.9 Å². The molecule has 0 saturated heterocycles. The molecule has 0 unspecified atom stereocenters. The predicted octanol–water partition coefficient (Wildman–Crippen LogP) is 2.40. The van der Waals surface area contributed by atoms with Crippen molar-refractivity contribution in [2.75, 3.05) is 13.7 Å². The van der Waals surface area contributed by atoms with Gasteiger partial charge in [0.15, 0.2) is 5.75 Å². The Labute approximate surface area is 98.3 Å². The van der Waals surface area contributed by atoms with Gasteiger partial charge in [-0.1, -0.05) is 11.6 Å². The van der Waals surface area contributed by atoms with E-state index in [0.717, 1.165) is 0 Å². The SMILES string of the molecule is CCOC(=O)c1ccc(C#N)c(OC)c1Cl. The van der Waals surface area contributed by atoms with Crippen molar-refractivity contribution in [3.05, 3.63) is 28.3 Å². The molecule has 0 aliphatic carbocycles. The first-order valence-corrected chi connectivity index (χ1v) is 4.97. The third-order valence-corrected chi connectivity index (χ3v) is 2.29. The third-order valence-electron chi connectivity index (χ3n) is 1.92. The number of methoxy groups -OCH3 is 1. The van der Waals surface area contributed by atoms with Crippen LogP contribution in [0.25, 0.3) is 0 Å². The molecule has 1 rings (SSSR count). The lowest BCUT2D eigenvalue weighted by Crippen LogP contribution is -2.06. The molecule has 16 heavy (non-hydrogen) atoms. The minimum Gasteiger partial charge on any atom is -0.494 e. The molecule has 0 radical (unpaired) electrons. The fourth-order valence-corrected chi connectivity index (χ4v) is 1.53. The molecule has 0 aliphatic rings. The van der Waals surface area contributed by atoms with Gasteiger partial charge < -0.3 is 9.47 Å². The standard InChI is InChI=1S/C11H10ClNO3/c1-3-16-11(14)8-5-4-7(6-13)10(15-2)9(8)12/h4-5H,3H2,1-2H3. The highest BCUT2D eigenvalue weighted by atomic mass is 35.5. The number of hydrogen-bond acceptors (Lipinski definition) is 4. The zero-order valence-corrected chi connectivity index (χ0v) is 9.67. The van der Waals surface area contributed by atoms with Gasteiger partial charge >= 0.3 is 5.97 Å². The van der Waals surface area contributed by atoms with Crippen LogP contribution in [0.15, 0.2) is 12.1 Å². The van der Waals surface area contributed by atoms with E-state index in [9.17, 15) is 4.79 Å². The van der Waals surface area contributed by atoms with E-state index in [0.29, 0.717) is 0 Å². The third kappa shape index (κ3) is 2.26. The fourth-order valence-electron chi connectivity index (χ4n) is 1.21. The van der Waals surface area contributed by atoms with Crippen molar-refractivity contribution in [3.63, 3.8) is 0 Å². The number of esters is 1. The zero-order chi connectivity index (χ0) is 12.1. The largest absolute Gasteiger partial charge is 0.494 e. The quantitative estimate of drug-likeness (QED) is 0.760.